The van der Waals surface area contributed by atoms with Gasteiger partial charge in [0.2, 0.25) is 0 Å². The van der Waals surface area contributed by atoms with E-state index in [4.69, 9.17) is 23.2 Å². The molecule has 0 aliphatic carbocycles. The fourth-order valence-corrected chi connectivity index (χ4v) is 4.32. The first kappa shape index (κ1) is 19.2. The molecule has 3 nitrogen and oxygen atoms in total. The van der Waals surface area contributed by atoms with Crippen molar-refractivity contribution in [1.29, 1.82) is 0 Å². The van der Waals surface area contributed by atoms with Gasteiger partial charge in [-0.2, -0.15) is 0 Å². The molecule has 3 aromatic carbocycles. The molecule has 0 radical (unpaired) electrons. The fraction of sp³-hybridized carbons (Fsp3) is 0.0952. The number of amides is 1. The molecule has 0 saturated heterocycles. The normalized spacial score (nSPS) is 16.3. The first-order chi connectivity index (χ1) is 13.4. The zero-order valence-corrected chi connectivity index (χ0v) is 17.8. The number of rotatable bonds is 2. The van der Waals surface area contributed by atoms with Crippen molar-refractivity contribution < 1.29 is 9.18 Å². The molecule has 3 aromatic rings. The second-order valence-electron chi connectivity index (χ2n) is 6.39. The van der Waals surface area contributed by atoms with Crippen molar-refractivity contribution in [3.8, 4) is 0 Å². The number of benzene rings is 3. The van der Waals surface area contributed by atoms with Crippen LogP contribution in [0.2, 0.25) is 10.0 Å². The molecule has 1 aliphatic rings. The monoisotopic (exact) mass is 478 g/mol. The van der Waals surface area contributed by atoms with E-state index in [-0.39, 0.29) is 16.5 Å². The van der Waals surface area contributed by atoms with E-state index >= 15 is 0 Å². The van der Waals surface area contributed by atoms with Crippen molar-refractivity contribution in [2.24, 2.45) is 0 Å². The molecular formula is C21H14BrCl2FN2O. The van der Waals surface area contributed by atoms with Gasteiger partial charge in [0.1, 0.15) is 12.0 Å². The smallest absolute Gasteiger partial charge is 0.262 e. The lowest BCUT2D eigenvalue weighted by atomic mass is 10.0. The van der Waals surface area contributed by atoms with Gasteiger partial charge in [-0.3, -0.25) is 9.69 Å². The van der Waals surface area contributed by atoms with E-state index in [9.17, 15) is 9.18 Å². The number of hydrogen-bond donors (Lipinski definition) is 0. The molecule has 0 N–H and O–H groups in total. The Balaban J connectivity index is 2.03. The number of nitrogens with zero attached hydrogens (tertiary/aromatic N) is 2. The van der Waals surface area contributed by atoms with Gasteiger partial charge in [-0.1, -0.05) is 47.5 Å². The summed E-state index contributed by atoms with van der Waals surface area (Å²) < 4.78 is 15.5. The highest BCUT2D eigenvalue weighted by Crippen LogP contribution is 2.45. The molecule has 1 amide bonds. The standard InChI is InChI=1S/C21H14BrCl2FN2O/c1-26-16-8-4-2-6-12(16)21(28)27(17-9-5-3-7-14(17)23)20(26)18-15(25)11-10-13(22)19(18)24/h2-11,20H,1H3. The molecular weight excluding hydrogens is 466 g/mol. The molecule has 0 saturated carbocycles. The van der Waals surface area contributed by atoms with Gasteiger partial charge in [0.25, 0.3) is 5.91 Å². The van der Waals surface area contributed by atoms with Crippen LogP contribution in [0.5, 0.6) is 0 Å². The van der Waals surface area contributed by atoms with E-state index in [0.717, 1.165) is 0 Å². The summed E-state index contributed by atoms with van der Waals surface area (Å²) in [6.45, 7) is 0. The van der Waals surface area contributed by atoms with Crippen LogP contribution in [0.25, 0.3) is 0 Å². The minimum absolute atomic E-state index is 0.196. The largest absolute Gasteiger partial charge is 0.349 e. The minimum atomic E-state index is -0.813. The lowest BCUT2D eigenvalue weighted by Gasteiger charge is -2.44. The Morgan fingerprint density at radius 2 is 1.61 bits per heavy atom. The van der Waals surface area contributed by atoms with E-state index in [1.807, 2.05) is 17.0 Å². The fourth-order valence-electron chi connectivity index (χ4n) is 3.50. The lowest BCUT2D eigenvalue weighted by Crippen LogP contribution is -2.48. The van der Waals surface area contributed by atoms with Gasteiger partial charge in [-0.15, -0.1) is 0 Å². The third kappa shape index (κ3) is 2.98. The molecule has 0 bridgehead atoms. The first-order valence-corrected chi connectivity index (χ1v) is 10.00. The third-order valence-corrected chi connectivity index (χ3v) is 6.41. The Morgan fingerprint density at radius 3 is 2.32 bits per heavy atom. The molecule has 1 aliphatic heterocycles. The zero-order chi connectivity index (χ0) is 20.0. The predicted molar refractivity (Wildman–Crippen MR) is 115 cm³/mol. The van der Waals surface area contributed by atoms with Gasteiger partial charge in [0.15, 0.2) is 0 Å². The van der Waals surface area contributed by atoms with Crippen molar-refractivity contribution in [3.63, 3.8) is 0 Å². The lowest BCUT2D eigenvalue weighted by molar-refractivity contribution is 0.0969. The van der Waals surface area contributed by atoms with Crippen LogP contribution < -0.4 is 9.80 Å². The quantitative estimate of drug-likeness (QED) is 0.382. The topological polar surface area (TPSA) is 23.6 Å². The summed E-state index contributed by atoms with van der Waals surface area (Å²) in [7, 11) is 1.80. The van der Waals surface area contributed by atoms with Crippen molar-refractivity contribution >= 4 is 56.4 Å². The van der Waals surface area contributed by atoms with E-state index in [2.05, 4.69) is 15.9 Å². The molecule has 0 spiro atoms. The Morgan fingerprint density at radius 1 is 0.964 bits per heavy atom. The van der Waals surface area contributed by atoms with Gasteiger partial charge in [-0.05, 0) is 52.3 Å². The van der Waals surface area contributed by atoms with Crippen molar-refractivity contribution in [1.82, 2.24) is 0 Å². The Labute approximate surface area is 180 Å². The van der Waals surface area contributed by atoms with Gasteiger partial charge >= 0.3 is 0 Å². The van der Waals surface area contributed by atoms with Gasteiger partial charge < -0.3 is 4.90 Å². The molecule has 28 heavy (non-hydrogen) atoms. The Bertz CT molecular complexity index is 1090. The molecule has 0 aromatic heterocycles. The van der Waals surface area contributed by atoms with E-state index in [1.54, 1.807) is 49.5 Å². The van der Waals surface area contributed by atoms with Gasteiger partial charge in [0.05, 0.1) is 32.5 Å². The molecule has 1 atom stereocenters. The number of halogens is 4. The van der Waals surface area contributed by atoms with Crippen molar-refractivity contribution in [3.05, 3.63) is 92.1 Å². The summed E-state index contributed by atoms with van der Waals surface area (Å²) >= 11 is 16.3. The van der Waals surface area contributed by atoms with Crippen LogP contribution in [-0.2, 0) is 0 Å². The van der Waals surface area contributed by atoms with Gasteiger partial charge in [0, 0.05) is 11.5 Å². The minimum Gasteiger partial charge on any atom is -0.349 e. The SMILES string of the molecule is CN1c2ccccc2C(=O)N(c2ccccc2Cl)C1c1c(F)ccc(Br)c1Cl. The molecule has 142 valence electrons. The highest BCUT2D eigenvalue weighted by molar-refractivity contribution is 9.10. The predicted octanol–water partition coefficient (Wildman–Crippen LogP) is 6.69. The second kappa shape index (κ2) is 7.39. The van der Waals surface area contributed by atoms with Crippen LogP contribution in [0.15, 0.2) is 65.1 Å². The van der Waals surface area contributed by atoms with Crippen LogP contribution in [0, 0.1) is 5.82 Å². The van der Waals surface area contributed by atoms with Crippen LogP contribution in [0.4, 0.5) is 15.8 Å². The summed E-state index contributed by atoms with van der Waals surface area (Å²) in [4.78, 5) is 16.8. The first-order valence-electron chi connectivity index (χ1n) is 8.45. The van der Waals surface area contributed by atoms with Crippen LogP contribution in [0.3, 0.4) is 0 Å². The number of fused-ring (bicyclic) bond motifs is 1. The summed E-state index contributed by atoms with van der Waals surface area (Å²) in [5.74, 6) is -0.781. The molecule has 4 rings (SSSR count). The highest BCUT2D eigenvalue weighted by Gasteiger charge is 2.41. The maximum Gasteiger partial charge on any atom is 0.262 e. The van der Waals surface area contributed by atoms with Crippen LogP contribution in [0.1, 0.15) is 22.1 Å². The maximum atomic E-state index is 15.0. The Kier molecular flexibility index (Phi) is 5.08. The second-order valence-corrected chi connectivity index (χ2v) is 8.02. The number of para-hydroxylation sites is 2. The Hall–Kier alpha value is -2.08. The average molecular weight is 480 g/mol. The third-order valence-electron chi connectivity index (χ3n) is 4.79. The average Bonchev–Trinajstić information content (AvgIpc) is 2.70. The van der Waals surface area contributed by atoms with Crippen molar-refractivity contribution in [2.75, 3.05) is 16.8 Å². The van der Waals surface area contributed by atoms with E-state index in [0.29, 0.717) is 26.4 Å². The number of hydrogen-bond acceptors (Lipinski definition) is 2. The summed E-state index contributed by atoms with van der Waals surface area (Å²) in [6.07, 6.45) is -0.813. The number of carbonyl (C=O) groups excluding carboxylic acids is 1. The zero-order valence-electron chi connectivity index (χ0n) is 14.7. The molecule has 7 heteroatoms. The summed E-state index contributed by atoms with van der Waals surface area (Å²) in [5.41, 5.74) is 1.88. The number of carbonyl (C=O) groups is 1. The van der Waals surface area contributed by atoms with Gasteiger partial charge in [-0.25, -0.2) is 4.39 Å². The highest BCUT2D eigenvalue weighted by atomic mass is 79.9. The summed E-state index contributed by atoms with van der Waals surface area (Å²) in [6, 6.07) is 17.1. The van der Waals surface area contributed by atoms with Crippen LogP contribution in [-0.4, -0.2) is 13.0 Å². The maximum absolute atomic E-state index is 15.0. The summed E-state index contributed by atoms with van der Waals surface area (Å²) in [5, 5.41) is 0.598. The number of anilines is 2. The molecule has 1 unspecified atom stereocenters. The van der Waals surface area contributed by atoms with E-state index < -0.39 is 12.0 Å². The molecule has 0 fully saturated rings. The van der Waals surface area contributed by atoms with Crippen LogP contribution >= 0.6 is 39.1 Å². The molecule has 1 heterocycles. The van der Waals surface area contributed by atoms with E-state index in [1.165, 1.54) is 11.0 Å². The van der Waals surface area contributed by atoms with Crippen molar-refractivity contribution in [2.45, 2.75) is 6.17 Å².